The molecule has 4 rings (SSSR count). The van der Waals surface area contributed by atoms with Crippen LogP contribution in [-0.2, 0) is 0 Å². The molecule has 23 heavy (non-hydrogen) atoms. The first-order chi connectivity index (χ1) is 11.3. The van der Waals surface area contributed by atoms with Gasteiger partial charge in [0.05, 0.1) is 5.52 Å². The van der Waals surface area contributed by atoms with Crippen LogP contribution in [0.25, 0.3) is 22.3 Å². The van der Waals surface area contributed by atoms with Gasteiger partial charge in [-0.2, -0.15) is 0 Å². The van der Waals surface area contributed by atoms with Gasteiger partial charge in [0.2, 0.25) is 0 Å². The minimum absolute atomic E-state index is 0.708. The lowest BCUT2D eigenvalue weighted by molar-refractivity contribution is 0.445. The van der Waals surface area contributed by atoms with E-state index in [0.717, 1.165) is 41.2 Å². The molecule has 0 aliphatic carbocycles. The molecule has 0 bridgehead atoms. The molecule has 0 amide bonds. The normalized spacial score (nSPS) is 18.3. The van der Waals surface area contributed by atoms with Gasteiger partial charge in [0.15, 0.2) is 5.82 Å². The van der Waals surface area contributed by atoms with E-state index in [1.54, 1.807) is 6.20 Å². The van der Waals surface area contributed by atoms with Gasteiger partial charge < -0.3 is 4.90 Å². The van der Waals surface area contributed by atoms with Crippen molar-refractivity contribution >= 4 is 16.7 Å². The highest BCUT2D eigenvalue weighted by atomic mass is 15.2. The third kappa shape index (κ3) is 2.77. The van der Waals surface area contributed by atoms with E-state index >= 15 is 0 Å². The maximum Gasteiger partial charge on any atom is 0.163 e. The quantitative estimate of drug-likeness (QED) is 0.719. The third-order valence-electron chi connectivity index (χ3n) is 4.46. The van der Waals surface area contributed by atoms with Gasteiger partial charge >= 0.3 is 0 Å². The summed E-state index contributed by atoms with van der Waals surface area (Å²) in [5.41, 5.74) is 1.96. The van der Waals surface area contributed by atoms with Crippen molar-refractivity contribution in [3.05, 3.63) is 48.8 Å². The largest absolute Gasteiger partial charge is 0.356 e. The summed E-state index contributed by atoms with van der Waals surface area (Å²) in [5.74, 6) is 2.52. The molecule has 1 aliphatic rings. The van der Waals surface area contributed by atoms with Crippen molar-refractivity contribution in [2.45, 2.75) is 19.8 Å². The molecule has 2 aromatic heterocycles. The molecule has 0 unspecified atom stereocenters. The highest BCUT2D eigenvalue weighted by Gasteiger charge is 2.20. The number of rotatable bonds is 2. The fraction of sp³-hybridized carbons (Fsp3) is 0.316. The second-order valence-electron chi connectivity index (χ2n) is 6.32. The molecule has 3 heterocycles. The van der Waals surface area contributed by atoms with Crippen molar-refractivity contribution in [1.29, 1.82) is 0 Å². The smallest absolute Gasteiger partial charge is 0.163 e. The van der Waals surface area contributed by atoms with Gasteiger partial charge in [-0.3, -0.25) is 4.98 Å². The standard InChI is InChI=1S/C19H20N4/c1-14-6-5-11-23(13-14)19-16-8-2-3-9-17(16)21-18(22-19)15-7-4-10-20-12-15/h2-4,7-10,12,14H,5-6,11,13H2,1H3/t14-/m0/s1. The van der Waals surface area contributed by atoms with Crippen LogP contribution in [0.4, 0.5) is 5.82 Å². The second-order valence-corrected chi connectivity index (χ2v) is 6.32. The molecule has 1 aromatic carbocycles. The Morgan fingerprint density at radius 2 is 2.00 bits per heavy atom. The Labute approximate surface area is 136 Å². The number of fused-ring (bicyclic) bond motifs is 1. The van der Waals surface area contributed by atoms with E-state index < -0.39 is 0 Å². The molecule has 3 aromatic rings. The molecular weight excluding hydrogens is 284 g/mol. The SMILES string of the molecule is C[C@H]1CCCN(c2nc(-c3cccnc3)nc3ccccc23)C1. The lowest BCUT2D eigenvalue weighted by atomic mass is 10.00. The third-order valence-corrected chi connectivity index (χ3v) is 4.46. The van der Waals surface area contributed by atoms with E-state index in [1.165, 1.54) is 12.8 Å². The summed E-state index contributed by atoms with van der Waals surface area (Å²) in [6, 6.07) is 12.2. The maximum absolute atomic E-state index is 4.90. The van der Waals surface area contributed by atoms with Gasteiger partial charge in [-0.1, -0.05) is 19.1 Å². The van der Waals surface area contributed by atoms with Crippen LogP contribution in [0.15, 0.2) is 48.8 Å². The fourth-order valence-corrected chi connectivity index (χ4v) is 3.31. The molecule has 1 aliphatic heterocycles. The van der Waals surface area contributed by atoms with Crippen molar-refractivity contribution < 1.29 is 0 Å². The Kier molecular flexibility index (Phi) is 3.66. The van der Waals surface area contributed by atoms with Crippen LogP contribution >= 0.6 is 0 Å². The van der Waals surface area contributed by atoms with Gasteiger partial charge in [0, 0.05) is 36.4 Å². The van der Waals surface area contributed by atoms with Gasteiger partial charge in [-0.15, -0.1) is 0 Å². The molecule has 0 radical (unpaired) electrons. The van der Waals surface area contributed by atoms with E-state index in [-0.39, 0.29) is 0 Å². The van der Waals surface area contributed by atoms with E-state index in [4.69, 9.17) is 9.97 Å². The summed E-state index contributed by atoms with van der Waals surface area (Å²) in [6.07, 6.45) is 6.13. The first-order valence-electron chi connectivity index (χ1n) is 8.23. The highest BCUT2D eigenvalue weighted by molar-refractivity contribution is 5.91. The van der Waals surface area contributed by atoms with E-state index in [9.17, 15) is 0 Å². The van der Waals surface area contributed by atoms with Crippen LogP contribution in [0.1, 0.15) is 19.8 Å². The second kappa shape index (κ2) is 5.95. The summed E-state index contributed by atoms with van der Waals surface area (Å²) in [4.78, 5) is 16.3. The monoisotopic (exact) mass is 304 g/mol. The molecule has 0 saturated carbocycles. The highest BCUT2D eigenvalue weighted by Crippen LogP contribution is 2.30. The molecule has 1 saturated heterocycles. The number of pyridine rings is 1. The molecule has 4 nitrogen and oxygen atoms in total. The fourth-order valence-electron chi connectivity index (χ4n) is 3.31. The van der Waals surface area contributed by atoms with E-state index in [0.29, 0.717) is 5.92 Å². The van der Waals surface area contributed by atoms with E-state index in [1.807, 2.05) is 24.4 Å². The Bertz CT molecular complexity index is 816. The predicted molar refractivity (Wildman–Crippen MR) is 93.4 cm³/mol. The van der Waals surface area contributed by atoms with Crippen LogP contribution in [0, 0.1) is 5.92 Å². The number of benzene rings is 1. The van der Waals surface area contributed by atoms with Gasteiger partial charge in [-0.05, 0) is 43.0 Å². The summed E-state index contributed by atoms with van der Waals surface area (Å²) < 4.78 is 0. The van der Waals surface area contributed by atoms with Crippen molar-refractivity contribution in [3.8, 4) is 11.4 Å². The number of hydrogen-bond donors (Lipinski definition) is 0. The molecule has 0 N–H and O–H groups in total. The Morgan fingerprint density at radius 1 is 1.09 bits per heavy atom. The van der Waals surface area contributed by atoms with Gasteiger partial charge in [0.1, 0.15) is 5.82 Å². The zero-order valence-electron chi connectivity index (χ0n) is 13.3. The number of nitrogens with zero attached hydrogens (tertiary/aromatic N) is 4. The molecular formula is C19H20N4. The first-order valence-corrected chi connectivity index (χ1v) is 8.23. The molecule has 116 valence electrons. The average molecular weight is 304 g/mol. The van der Waals surface area contributed by atoms with Crippen molar-refractivity contribution in [2.24, 2.45) is 5.92 Å². The number of aromatic nitrogens is 3. The summed E-state index contributed by atoms with van der Waals surface area (Å²) in [6.45, 7) is 4.45. The van der Waals surface area contributed by atoms with Gasteiger partial charge in [0.25, 0.3) is 0 Å². The predicted octanol–water partition coefficient (Wildman–Crippen LogP) is 3.93. The van der Waals surface area contributed by atoms with Crippen LogP contribution in [0.3, 0.4) is 0 Å². The molecule has 1 atom stereocenters. The Hall–Kier alpha value is -2.49. The number of anilines is 1. The Balaban J connectivity index is 1.87. The summed E-state index contributed by atoms with van der Waals surface area (Å²) >= 11 is 0. The topological polar surface area (TPSA) is 41.9 Å². The molecule has 4 heteroatoms. The lowest BCUT2D eigenvalue weighted by Gasteiger charge is -2.32. The maximum atomic E-state index is 4.90. The number of para-hydroxylation sites is 1. The Morgan fingerprint density at radius 3 is 2.83 bits per heavy atom. The average Bonchev–Trinajstić information content (AvgIpc) is 2.61. The van der Waals surface area contributed by atoms with Crippen LogP contribution in [0.2, 0.25) is 0 Å². The van der Waals surface area contributed by atoms with Crippen LogP contribution in [0.5, 0.6) is 0 Å². The van der Waals surface area contributed by atoms with Crippen molar-refractivity contribution in [3.63, 3.8) is 0 Å². The lowest BCUT2D eigenvalue weighted by Crippen LogP contribution is -2.35. The number of hydrogen-bond acceptors (Lipinski definition) is 4. The van der Waals surface area contributed by atoms with Gasteiger partial charge in [-0.25, -0.2) is 9.97 Å². The van der Waals surface area contributed by atoms with Crippen molar-refractivity contribution in [1.82, 2.24) is 15.0 Å². The summed E-state index contributed by atoms with van der Waals surface area (Å²) in [7, 11) is 0. The summed E-state index contributed by atoms with van der Waals surface area (Å²) in [5, 5.41) is 1.13. The minimum atomic E-state index is 0.708. The van der Waals surface area contributed by atoms with Crippen LogP contribution in [-0.4, -0.2) is 28.0 Å². The molecule has 0 spiro atoms. The zero-order chi connectivity index (χ0) is 15.6. The molecule has 1 fully saturated rings. The number of piperidine rings is 1. The zero-order valence-corrected chi connectivity index (χ0v) is 13.3. The van der Waals surface area contributed by atoms with Crippen molar-refractivity contribution in [2.75, 3.05) is 18.0 Å². The van der Waals surface area contributed by atoms with Crippen LogP contribution < -0.4 is 4.90 Å². The minimum Gasteiger partial charge on any atom is -0.356 e. The van der Waals surface area contributed by atoms with E-state index in [2.05, 4.69) is 35.0 Å². The first kappa shape index (κ1) is 14.1.